The molecule has 0 aliphatic carbocycles. The molecule has 20 heavy (non-hydrogen) atoms. The van der Waals surface area contributed by atoms with E-state index in [2.05, 4.69) is 10.5 Å². The minimum Gasteiger partial charge on any atom is -0.271 e. The van der Waals surface area contributed by atoms with E-state index in [1.807, 2.05) is 24.4 Å². The molecule has 0 saturated carbocycles. The van der Waals surface area contributed by atoms with Crippen LogP contribution in [0.25, 0.3) is 5.52 Å². The highest BCUT2D eigenvalue weighted by Crippen LogP contribution is 2.30. The number of nitrogens with zero attached hydrogens (tertiary/aromatic N) is 2. The molecule has 0 saturated heterocycles. The molecule has 1 atom stereocenters. The highest BCUT2D eigenvalue weighted by molar-refractivity contribution is 6.31. The number of hydrogen-bond acceptors (Lipinski definition) is 3. The van der Waals surface area contributed by atoms with Gasteiger partial charge in [0.15, 0.2) is 0 Å². The maximum atomic E-state index is 13.5. The fourth-order valence-electron chi connectivity index (χ4n) is 2.26. The number of aromatic nitrogens is 2. The molecule has 2 aromatic heterocycles. The summed E-state index contributed by atoms with van der Waals surface area (Å²) in [5.74, 6) is 5.28. The van der Waals surface area contributed by atoms with Gasteiger partial charge in [0.1, 0.15) is 5.82 Å². The monoisotopic (exact) mass is 290 g/mol. The molecule has 0 amide bonds. The molecule has 3 rings (SSSR count). The van der Waals surface area contributed by atoms with Crippen LogP contribution in [0.4, 0.5) is 4.39 Å². The summed E-state index contributed by atoms with van der Waals surface area (Å²) in [6, 6.07) is 9.47. The van der Waals surface area contributed by atoms with Gasteiger partial charge in [-0.1, -0.05) is 17.7 Å². The molecule has 102 valence electrons. The van der Waals surface area contributed by atoms with Crippen molar-refractivity contribution in [2.45, 2.75) is 6.04 Å². The van der Waals surface area contributed by atoms with Gasteiger partial charge in [-0.05, 0) is 35.9 Å². The first-order valence-electron chi connectivity index (χ1n) is 6.04. The lowest BCUT2D eigenvalue weighted by atomic mass is 10.0. The molecule has 0 spiro atoms. The molecule has 2 heterocycles. The van der Waals surface area contributed by atoms with E-state index < -0.39 is 6.04 Å². The molecule has 0 bridgehead atoms. The van der Waals surface area contributed by atoms with E-state index in [-0.39, 0.29) is 5.82 Å². The lowest BCUT2D eigenvalue weighted by Gasteiger charge is -2.17. The van der Waals surface area contributed by atoms with E-state index >= 15 is 0 Å². The number of benzene rings is 1. The Labute approximate surface area is 119 Å². The first-order valence-corrected chi connectivity index (χ1v) is 6.42. The zero-order valence-electron chi connectivity index (χ0n) is 10.4. The predicted octanol–water partition coefficient (Wildman–Crippen LogP) is 2.68. The fourth-order valence-corrected chi connectivity index (χ4v) is 2.49. The van der Waals surface area contributed by atoms with Crippen LogP contribution in [0.2, 0.25) is 5.02 Å². The van der Waals surface area contributed by atoms with Crippen LogP contribution in [0.1, 0.15) is 17.2 Å². The van der Waals surface area contributed by atoms with Gasteiger partial charge in [-0.3, -0.25) is 5.84 Å². The number of hydrogen-bond donors (Lipinski definition) is 2. The van der Waals surface area contributed by atoms with Crippen LogP contribution in [0.5, 0.6) is 0 Å². The van der Waals surface area contributed by atoms with E-state index in [0.717, 1.165) is 11.1 Å². The Balaban J connectivity index is 2.16. The number of hydrazine groups is 1. The molecule has 1 aromatic carbocycles. The fraction of sp³-hybridized carbons (Fsp3) is 0.0714. The minimum atomic E-state index is -0.432. The van der Waals surface area contributed by atoms with Crippen molar-refractivity contribution in [3.8, 4) is 0 Å². The molecule has 4 nitrogen and oxygen atoms in total. The number of nitrogens with one attached hydrogen (secondary N) is 1. The Kier molecular flexibility index (Phi) is 3.40. The number of rotatable bonds is 3. The summed E-state index contributed by atoms with van der Waals surface area (Å²) in [4.78, 5) is 0. The molecule has 3 aromatic rings. The Morgan fingerprint density at radius 1 is 1.25 bits per heavy atom. The van der Waals surface area contributed by atoms with Crippen LogP contribution in [0, 0.1) is 5.82 Å². The van der Waals surface area contributed by atoms with Crippen molar-refractivity contribution in [3.05, 3.63) is 70.8 Å². The van der Waals surface area contributed by atoms with E-state index in [0.29, 0.717) is 10.6 Å². The van der Waals surface area contributed by atoms with Crippen molar-refractivity contribution in [2.24, 2.45) is 5.84 Å². The van der Waals surface area contributed by atoms with Crippen molar-refractivity contribution < 1.29 is 4.39 Å². The highest BCUT2D eigenvalue weighted by Gasteiger charge is 2.20. The molecular formula is C14H12ClFN4. The van der Waals surface area contributed by atoms with Crippen LogP contribution >= 0.6 is 11.6 Å². The highest BCUT2D eigenvalue weighted by atomic mass is 35.5. The van der Waals surface area contributed by atoms with Gasteiger partial charge in [0.2, 0.25) is 0 Å². The first kappa shape index (κ1) is 13.1. The van der Waals surface area contributed by atoms with E-state index in [4.69, 9.17) is 17.4 Å². The Hall–Kier alpha value is -1.95. The Morgan fingerprint density at radius 3 is 2.90 bits per heavy atom. The molecule has 6 heteroatoms. The van der Waals surface area contributed by atoms with Crippen molar-refractivity contribution in [1.82, 2.24) is 15.0 Å². The van der Waals surface area contributed by atoms with E-state index in [1.54, 1.807) is 10.7 Å². The normalized spacial score (nSPS) is 12.8. The number of fused-ring (bicyclic) bond motifs is 1. The van der Waals surface area contributed by atoms with Gasteiger partial charge in [0, 0.05) is 16.8 Å². The quantitative estimate of drug-likeness (QED) is 0.576. The number of pyridine rings is 1. The maximum Gasteiger partial charge on any atom is 0.123 e. The largest absolute Gasteiger partial charge is 0.271 e. The van der Waals surface area contributed by atoms with Gasteiger partial charge in [0.05, 0.1) is 17.8 Å². The second-order valence-corrected chi connectivity index (χ2v) is 4.80. The summed E-state index contributed by atoms with van der Waals surface area (Å²) in [6.45, 7) is 0. The average molecular weight is 291 g/mol. The summed E-state index contributed by atoms with van der Waals surface area (Å²) in [5.41, 5.74) is 4.97. The van der Waals surface area contributed by atoms with Crippen LogP contribution in [0.3, 0.4) is 0 Å². The van der Waals surface area contributed by atoms with Gasteiger partial charge >= 0.3 is 0 Å². The molecule has 3 N–H and O–H groups in total. The Morgan fingerprint density at radius 2 is 2.10 bits per heavy atom. The van der Waals surface area contributed by atoms with E-state index in [1.165, 1.54) is 18.2 Å². The minimum absolute atomic E-state index is 0.360. The summed E-state index contributed by atoms with van der Waals surface area (Å²) >= 11 is 6.15. The van der Waals surface area contributed by atoms with Gasteiger partial charge < -0.3 is 0 Å². The number of nitrogens with two attached hydrogens (primary N) is 1. The second kappa shape index (κ2) is 5.20. The summed E-state index contributed by atoms with van der Waals surface area (Å²) in [5, 5.41) is 4.70. The Bertz CT molecular complexity index is 756. The smallest absolute Gasteiger partial charge is 0.123 e. The lowest BCUT2D eigenvalue weighted by molar-refractivity contribution is 0.607. The first-order chi connectivity index (χ1) is 9.70. The van der Waals surface area contributed by atoms with Crippen LogP contribution in [-0.2, 0) is 0 Å². The van der Waals surface area contributed by atoms with Gasteiger partial charge in [0.25, 0.3) is 0 Å². The third-order valence-electron chi connectivity index (χ3n) is 3.20. The predicted molar refractivity (Wildman–Crippen MR) is 75.8 cm³/mol. The van der Waals surface area contributed by atoms with Gasteiger partial charge in [-0.25, -0.2) is 14.3 Å². The summed E-state index contributed by atoms with van der Waals surface area (Å²) in [7, 11) is 0. The zero-order valence-corrected chi connectivity index (χ0v) is 11.2. The topological polar surface area (TPSA) is 55.3 Å². The average Bonchev–Trinajstić information content (AvgIpc) is 2.88. The van der Waals surface area contributed by atoms with Crippen LogP contribution < -0.4 is 11.3 Å². The van der Waals surface area contributed by atoms with Crippen molar-refractivity contribution in [1.29, 1.82) is 0 Å². The van der Waals surface area contributed by atoms with E-state index in [9.17, 15) is 4.39 Å². The zero-order chi connectivity index (χ0) is 14.1. The third-order valence-corrected chi connectivity index (χ3v) is 3.55. The van der Waals surface area contributed by atoms with Crippen molar-refractivity contribution >= 4 is 17.1 Å². The van der Waals surface area contributed by atoms with Gasteiger partial charge in [-0.15, -0.1) is 0 Å². The molecule has 0 aliphatic rings. The van der Waals surface area contributed by atoms with Crippen LogP contribution in [0.15, 0.2) is 48.8 Å². The van der Waals surface area contributed by atoms with Crippen molar-refractivity contribution in [2.75, 3.05) is 0 Å². The number of halogens is 2. The second-order valence-electron chi connectivity index (χ2n) is 4.40. The van der Waals surface area contributed by atoms with Crippen molar-refractivity contribution in [3.63, 3.8) is 0 Å². The molecular weight excluding hydrogens is 279 g/mol. The lowest BCUT2D eigenvalue weighted by Crippen LogP contribution is -2.29. The van der Waals surface area contributed by atoms with Gasteiger partial charge in [-0.2, -0.15) is 5.10 Å². The van der Waals surface area contributed by atoms with Crippen LogP contribution in [-0.4, -0.2) is 9.61 Å². The standard InChI is InChI=1S/C14H12ClFN4/c15-12-5-4-9(16)7-10(12)14(19-17)11-8-18-20-6-2-1-3-13(11)20/h1-8,14,19H,17H2. The molecule has 0 radical (unpaired) electrons. The molecule has 0 fully saturated rings. The molecule has 1 unspecified atom stereocenters. The summed E-state index contributed by atoms with van der Waals surface area (Å²) in [6.07, 6.45) is 3.53. The molecule has 0 aliphatic heterocycles. The summed E-state index contributed by atoms with van der Waals surface area (Å²) < 4.78 is 15.2. The maximum absolute atomic E-state index is 13.5. The SMILES string of the molecule is NNC(c1cc(F)ccc1Cl)c1cnn2ccccc12. The third kappa shape index (κ3) is 2.16.